The maximum absolute atomic E-state index is 12.0. The van der Waals surface area contributed by atoms with Gasteiger partial charge in [-0.25, -0.2) is 4.98 Å². The summed E-state index contributed by atoms with van der Waals surface area (Å²) in [4.78, 5) is 19.6. The number of nitrogens with one attached hydrogen (secondary N) is 2. The van der Waals surface area contributed by atoms with E-state index < -0.39 is 0 Å². The van der Waals surface area contributed by atoms with E-state index in [1.54, 1.807) is 0 Å². The van der Waals surface area contributed by atoms with Crippen LogP contribution in [0.3, 0.4) is 0 Å². The number of thiazole rings is 1. The zero-order valence-electron chi connectivity index (χ0n) is 10.4. The molecule has 0 aliphatic carbocycles. The molecule has 0 saturated carbocycles. The molecule has 6 heteroatoms. The van der Waals surface area contributed by atoms with Crippen LogP contribution in [0.2, 0.25) is 0 Å². The number of carbonyl (C=O) groups excluding carboxylic acids is 1. The van der Waals surface area contributed by atoms with Gasteiger partial charge >= 0.3 is 0 Å². The lowest BCUT2D eigenvalue weighted by Gasteiger charge is -2.00. The zero-order valence-corrected chi connectivity index (χ0v) is 11.2. The Kier molecular flexibility index (Phi) is 3.19. The van der Waals surface area contributed by atoms with Gasteiger partial charge in [0.15, 0.2) is 5.13 Å². The fourth-order valence-electron chi connectivity index (χ4n) is 2.00. The van der Waals surface area contributed by atoms with Gasteiger partial charge in [-0.05, 0) is 11.6 Å². The van der Waals surface area contributed by atoms with E-state index in [9.17, 15) is 4.79 Å². The quantitative estimate of drug-likeness (QED) is 0.775. The van der Waals surface area contributed by atoms with Crippen molar-refractivity contribution in [2.24, 2.45) is 0 Å². The second-order valence-corrected chi connectivity index (χ2v) is 5.26. The van der Waals surface area contributed by atoms with Gasteiger partial charge in [-0.3, -0.25) is 4.79 Å². The highest BCUT2D eigenvalue weighted by Gasteiger charge is 2.10. The van der Waals surface area contributed by atoms with Gasteiger partial charge in [-0.2, -0.15) is 5.26 Å². The number of hydrogen-bond donors (Lipinski definition) is 2. The number of nitriles is 1. The summed E-state index contributed by atoms with van der Waals surface area (Å²) < 4.78 is 0. The lowest BCUT2D eigenvalue weighted by molar-refractivity contribution is -0.115. The van der Waals surface area contributed by atoms with E-state index in [4.69, 9.17) is 5.26 Å². The Morgan fingerprint density at radius 2 is 2.30 bits per heavy atom. The number of amides is 1. The Balaban J connectivity index is 1.74. The highest BCUT2D eigenvalue weighted by atomic mass is 32.1. The first-order valence-electron chi connectivity index (χ1n) is 5.97. The molecule has 0 spiro atoms. The van der Waals surface area contributed by atoms with Gasteiger partial charge in [0, 0.05) is 17.1 Å². The van der Waals surface area contributed by atoms with E-state index >= 15 is 0 Å². The molecule has 98 valence electrons. The molecule has 2 aromatic heterocycles. The molecule has 3 rings (SSSR count). The maximum atomic E-state index is 12.0. The summed E-state index contributed by atoms with van der Waals surface area (Å²) in [6.45, 7) is 0. The molecule has 0 radical (unpaired) electrons. The predicted molar refractivity (Wildman–Crippen MR) is 77.5 cm³/mol. The molecular formula is C14H10N4OS. The van der Waals surface area contributed by atoms with Crippen molar-refractivity contribution in [2.75, 3.05) is 5.32 Å². The Morgan fingerprint density at radius 3 is 3.10 bits per heavy atom. The molecule has 0 saturated heterocycles. The maximum Gasteiger partial charge on any atom is 0.230 e. The van der Waals surface area contributed by atoms with E-state index in [1.165, 1.54) is 17.5 Å². The number of nitrogens with zero attached hydrogens (tertiary/aromatic N) is 2. The Morgan fingerprint density at radius 1 is 1.45 bits per heavy atom. The highest BCUT2D eigenvalue weighted by molar-refractivity contribution is 7.16. The SMILES string of the molecule is N#Cc1cnc(NC(=O)Cc2c[nH]c3ccccc23)s1. The summed E-state index contributed by atoms with van der Waals surface area (Å²) >= 11 is 1.17. The molecular weight excluding hydrogens is 272 g/mol. The van der Waals surface area contributed by atoms with E-state index in [0.29, 0.717) is 10.0 Å². The normalized spacial score (nSPS) is 10.3. The summed E-state index contributed by atoms with van der Waals surface area (Å²) in [7, 11) is 0. The van der Waals surface area contributed by atoms with Crippen molar-refractivity contribution in [3.05, 3.63) is 47.1 Å². The summed E-state index contributed by atoms with van der Waals surface area (Å²) in [6.07, 6.45) is 3.56. The molecule has 20 heavy (non-hydrogen) atoms. The highest BCUT2D eigenvalue weighted by Crippen LogP contribution is 2.20. The number of H-pyrrole nitrogens is 1. The third kappa shape index (κ3) is 2.39. The zero-order chi connectivity index (χ0) is 13.9. The van der Waals surface area contributed by atoms with Crippen molar-refractivity contribution < 1.29 is 4.79 Å². The van der Waals surface area contributed by atoms with Crippen LogP contribution in [0.25, 0.3) is 10.9 Å². The molecule has 3 aromatic rings. The molecule has 0 atom stereocenters. The minimum Gasteiger partial charge on any atom is -0.361 e. The topological polar surface area (TPSA) is 81.6 Å². The number of anilines is 1. The standard InChI is InChI=1S/C14H10N4OS/c15-6-10-8-17-14(20-10)18-13(19)5-9-7-16-12-4-2-1-3-11(9)12/h1-4,7-8,16H,5H2,(H,17,18,19). The van der Waals surface area contributed by atoms with E-state index in [1.807, 2.05) is 36.5 Å². The summed E-state index contributed by atoms with van der Waals surface area (Å²) in [5.41, 5.74) is 1.95. The van der Waals surface area contributed by atoms with Crippen LogP contribution in [-0.4, -0.2) is 15.9 Å². The van der Waals surface area contributed by atoms with Gasteiger partial charge < -0.3 is 10.3 Å². The second-order valence-electron chi connectivity index (χ2n) is 4.23. The van der Waals surface area contributed by atoms with Crippen molar-refractivity contribution in [2.45, 2.75) is 6.42 Å². The Bertz CT molecular complexity index is 812. The first kappa shape index (κ1) is 12.4. The summed E-state index contributed by atoms with van der Waals surface area (Å²) in [5, 5.41) is 12.9. The molecule has 0 aliphatic rings. The molecule has 0 bridgehead atoms. The number of aromatic amines is 1. The van der Waals surface area contributed by atoms with Crippen LogP contribution in [0.1, 0.15) is 10.4 Å². The van der Waals surface area contributed by atoms with Crippen molar-refractivity contribution in [3.63, 3.8) is 0 Å². The second kappa shape index (κ2) is 5.15. The largest absolute Gasteiger partial charge is 0.361 e. The smallest absolute Gasteiger partial charge is 0.230 e. The van der Waals surface area contributed by atoms with Crippen LogP contribution >= 0.6 is 11.3 Å². The van der Waals surface area contributed by atoms with Crippen molar-refractivity contribution in [3.8, 4) is 6.07 Å². The van der Waals surface area contributed by atoms with Crippen LogP contribution in [-0.2, 0) is 11.2 Å². The first-order chi connectivity index (χ1) is 9.76. The Hall–Kier alpha value is -2.65. The first-order valence-corrected chi connectivity index (χ1v) is 6.78. The average Bonchev–Trinajstić information content (AvgIpc) is 3.06. The fraction of sp³-hybridized carbons (Fsp3) is 0.0714. The molecule has 5 nitrogen and oxygen atoms in total. The number of para-hydroxylation sites is 1. The monoisotopic (exact) mass is 282 g/mol. The molecule has 0 fully saturated rings. The van der Waals surface area contributed by atoms with Crippen LogP contribution in [0, 0.1) is 11.3 Å². The summed E-state index contributed by atoms with van der Waals surface area (Å²) in [6, 6.07) is 9.83. The van der Waals surface area contributed by atoms with Gasteiger partial charge in [-0.1, -0.05) is 29.5 Å². The van der Waals surface area contributed by atoms with Crippen LogP contribution in [0.15, 0.2) is 36.7 Å². The van der Waals surface area contributed by atoms with E-state index in [0.717, 1.165) is 16.5 Å². The number of benzene rings is 1. The third-order valence-corrected chi connectivity index (χ3v) is 3.71. The van der Waals surface area contributed by atoms with E-state index in [-0.39, 0.29) is 12.3 Å². The van der Waals surface area contributed by atoms with Crippen molar-refractivity contribution in [1.82, 2.24) is 9.97 Å². The predicted octanol–water partition coefficient (Wildman–Crippen LogP) is 2.68. The number of aromatic nitrogens is 2. The van der Waals surface area contributed by atoms with E-state index in [2.05, 4.69) is 15.3 Å². The average molecular weight is 282 g/mol. The number of rotatable bonds is 3. The van der Waals surface area contributed by atoms with Crippen LogP contribution in [0.4, 0.5) is 5.13 Å². The lowest BCUT2D eigenvalue weighted by atomic mass is 10.1. The van der Waals surface area contributed by atoms with Gasteiger partial charge in [0.25, 0.3) is 0 Å². The van der Waals surface area contributed by atoms with Crippen LogP contribution in [0.5, 0.6) is 0 Å². The van der Waals surface area contributed by atoms with Gasteiger partial charge in [0.05, 0.1) is 12.6 Å². The Labute approximate surface area is 118 Å². The summed E-state index contributed by atoms with van der Waals surface area (Å²) in [5.74, 6) is -0.145. The molecule has 2 N–H and O–H groups in total. The minimum atomic E-state index is -0.145. The number of fused-ring (bicyclic) bond motifs is 1. The molecule has 1 aromatic carbocycles. The molecule has 0 aliphatic heterocycles. The van der Waals surface area contributed by atoms with Crippen LogP contribution < -0.4 is 5.32 Å². The van der Waals surface area contributed by atoms with Gasteiger partial charge in [0.2, 0.25) is 5.91 Å². The number of carbonyl (C=O) groups is 1. The third-order valence-electron chi connectivity index (χ3n) is 2.89. The van der Waals surface area contributed by atoms with Gasteiger partial charge in [0.1, 0.15) is 10.9 Å². The molecule has 0 unspecified atom stereocenters. The molecule has 1 amide bonds. The number of hydrogen-bond acceptors (Lipinski definition) is 4. The lowest BCUT2D eigenvalue weighted by Crippen LogP contribution is -2.13. The fourth-order valence-corrected chi connectivity index (χ4v) is 2.63. The van der Waals surface area contributed by atoms with Gasteiger partial charge in [-0.15, -0.1) is 0 Å². The minimum absolute atomic E-state index is 0.145. The van der Waals surface area contributed by atoms with Crippen molar-refractivity contribution in [1.29, 1.82) is 5.26 Å². The van der Waals surface area contributed by atoms with Crippen molar-refractivity contribution >= 4 is 33.3 Å². The molecule has 2 heterocycles.